The van der Waals surface area contributed by atoms with Crippen LogP contribution in [0.2, 0.25) is 0 Å². The second kappa shape index (κ2) is 7.06. The summed E-state index contributed by atoms with van der Waals surface area (Å²) in [5.41, 5.74) is 0.164. The van der Waals surface area contributed by atoms with Gasteiger partial charge in [0.25, 0.3) is 0 Å². The molecular formula is C15H23N3O3. The number of pyridine rings is 1. The third kappa shape index (κ3) is 6.25. The number of amides is 2. The molecule has 1 aromatic rings. The highest BCUT2D eigenvalue weighted by molar-refractivity contribution is 5.85. The van der Waals surface area contributed by atoms with Crippen LogP contribution in [0.4, 0.5) is 4.79 Å². The lowest BCUT2D eigenvalue weighted by Gasteiger charge is -2.22. The van der Waals surface area contributed by atoms with E-state index in [-0.39, 0.29) is 11.9 Å². The van der Waals surface area contributed by atoms with Crippen LogP contribution in [0.3, 0.4) is 0 Å². The molecule has 6 nitrogen and oxygen atoms in total. The van der Waals surface area contributed by atoms with Crippen molar-refractivity contribution >= 4 is 12.0 Å². The van der Waals surface area contributed by atoms with Gasteiger partial charge in [0.15, 0.2) is 0 Å². The molecule has 0 aliphatic rings. The second-order valence-electron chi connectivity index (χ2n) is 5.85. The maximum Gasteiger partial charge on any atom is 0.408 e. The Morgan fingerprint density at radius 3 is 2.38 bits per heavy atom. The summed E-state index contributed by atoms with van der Waals surface area (Å²) >= 11 is 0. The molecule has 0 radical (unpaired) electrons. The van der Waals surface area contributed by atoms with Crippen molar-refractivity contribution in [1.29, 1.82) is 0 Å². The predicted octanol–water partition coefficient (Wildman–Crippen LogP) is 2.17. The Hall–Kier alpha value is -2.11. The molecule has 0 fully saturated rings. The summed E-state index contributed by atoms with van der Waals surface area (Å²) in [6.45, 7) is 8.73. The van der Waals surface area contributed by atoms with Crippen molar-refractivity contribution < 1.29 is 14.3 Å². The molecule has 0 aliphatic heterocycles. The Morgan fingerprint density at radius 1 is 1.19 bits per heavy atom. The van der Waals surface area contributed by atoms with Crippen LogP contribution in [-0.4, -0.2) is 28.6 Å². The number of carbonyl (C=O) groups is 2. The Bertz CT molecular complexity index is 483. The molecule has 0 unspecified atom stereocenters. The van der Waals surface area contributed by atoms with Crippen molar-refractivity contribution in [2.75, 3.05) is 0 Å². The summed E-state index contributed by atoms with van der Waals surface area (Å²) in [6, 6.07) is 4.57. The molecule has 2 N–H and O–H groups in total. The third-order valence-corrected chi connectivity index (χ3v) is 2.62. The molecule has 2 amide bonds. The van der Waals surface area contributed by atoms with E-state index in [9.17, 15) is 9.59 Å². The van der Waals surface area contributed by atoms with E-state index in [0.717, 1.165) is 5.69 Å². The average molecular weight is 293 g/mol. The lowest BCUT2D eigenvalue weighted by molar-refractivity contribution is -0.123. The van der Waals surface area contributed by atoms with Crippen LogP contribution in [-0.2, 0) is 9.53 Å². The van der Waals surface area contributed by atoms with Crippen molar-refractivity contribution in [2.45, 2.75) is 52.3 Å². The quantitative estimate of drug-likeness (QED) is 0.891. The monoisotopic (exact) mass is 293 g/mol. The molecule has 0 aliphatic carbocycles. The molecule has 1 aromatic heterocycles. The SMILES string of the molecule is C[C@H](NC(=O)[C@@H](C)NC(=O)OC(C)(C)C)c1ccccn1. The molecule has 0 bridgehead atoms. The number of aromatic nitrogens is 1. The lowest BCUT2D eigenvalue weighted by atomic mass is 10.2. The molecular weight excluding hydrogens is 270 g/mol. The summed E-state index contributed by atoms with van der Waals surface area (Å²) in [5, 5.41) is 5.29. The van der Waals surface area contributed by atoms with E-state index in [2.05, 4.69) is 15.6 Å². The van der Waals surface area contributed by atoms with Crippen molar-refractivity contribution in [1.82, 2.24) is 15.6 Å². The Labute approximate surface area is 125 Å². The zero-order chi connectivity index (χ0) is 16.0. The summed E-state index contributed by atoms with van der Waals surface area (Å²) in [4.78, 5) is 27.8. The number of rotatable bonds is 4. The highest BCUT2D eigenvalue weighted by Gasteiger charge is 2.22. The van der Waals surface area contributed by atoms with Crippen LogP contribution < -0.4 is 10.6 Å². The van der Waals surface area contributed by atoms with Gasteiger partial charge in [-0.25, -0.2) is 4.79 Å². The van der Waals surface area contributed by atoms with Crippen molar-refractivity contribution in [3.8, 4) is 0 Å². The van der Waals surface area contributed by atoms with Gasteiger partial charge in [0.1, 0.15) is 11.6 Å². The van der Waals surface area contributed by atoms with Crippen LogP contribution in [0, 0.1) is 0 Å². The summed E-state index contributed by atoms with van der Waals surface area (Å²) in [6.07, 6.45) is 1.05. The van der Waals surface area contributed by atoms with Gasteiger partial charge in [0.05, 0.1) is 11.7 Å². The van der Waals surface area contributed by atoms with E-state index >= 15 is 0 Å². The zero-order valence-corrected chi connectivity index (χ0v) is 13.1. The molecule has 6 heteroatoms. The fourth-order valence-electron chi connectivity index (χ4n) is 1.59. The van der Waals surface area contributed by atoms with Crippen LogP contribution in [0.5, 0.6) is 0 Å². The minimum absolute atomic E-state index is 0.235. The number of alkyl carbamates (subject to hydrolysis) is 1. The van der Waals surface area contributed by atoms with E-state index in [0.29, 0.717) is 0 Å². The van der Waals surface area contributed by atoms with Gasteiger partial charge < -0.3 is 15.4 Å². The van der Waals surface area contributed by atoms with Crippen LogP contribution >= 0.6 is 0 Å². The number of carbonyl (C=O) groups excluding carboxylic acids is 2. The van der Waals surface area contributed by atoms with Gasteiger partial charge in [-0.1, -0.05) is 6.07 Å². The summed E-state index contributed by atoms with van der Waals surface area (Å²) in [5.74, 6) is -0.293. The zero-order valence-electron chi connectivity index (χ0n) is 13.1. The molecule has 21 heavy (non-hydrogen) atoms. The van der Waals surface area contributed by atoms with Gasteiger partial charge in [-0.15, -0.1) is 0 Å². The standard InChI is InChI=1S/C15H23N3O3/c1-10(12-8-6-7-9-16-12)17-13(19)11(2)18-14(20)21-15(3,4)5/h6-11H,1-5H3,(H,17,19)(H,18,20)/t10-,11+/m0/s1. The first kappa shape index (κ1) is 16.9. The minimum atomic E-state index is -0.689. The van der Waals surface area contributed by atoms with Crippen molar-refractivity contribution in [2.24, 2.45) is 0 Å². The second-order valence-corrected chi connectivity index (χ2v) is 5.85. The first-order chi connectivity index (χ1) is 9.69. The summed E-state index contributed by atoms with van der Waals surface area (Å²) in [7, 11) is 0. The largest absolute Gasteiger partial charge is 0.444 e. The van der Waals surface area contributed by atoms with Crippen LogP contribution in [0.1, 0.15) is 46.4 Å². The van der Waals surface area contributed by atoms with Gasteiger partial charge in [0, 0.05) is 6.20 Å². The smallest absolute Gasteiger partial charge is 0.408 e. The number of nitrogens with zero attached hydrogens (tertiary/aromatic N) is 1. The van der Waals surface area contributed by atoms with Gasteiger partial charge in [-0.05, 0) is 46.8 Å². The topological polar surface area (TPSA) is 80.3 Å². The normalized spacial score (nSPS) is 14.0. The molecule has 0 aromatic carbocycles. The fraction of sp³-hybridized carbons (Fsp3) is 0.533. The number of nitrogens with one attached hydrogen (secondary N) is 2. The van der Waals surface area contributed by atoms with Crippen LogP contribution in [0.15, 0.2) is 24.4 Å². The number of hydrogen-bond acceptors (Lipinski definition) is 4. The van der Waals surface area contributed by atoms with Crippen molar-refractivity contribution in [3.05, 3.63) is 30.1 Å². The van der Waals surface area contributed by atoms with Gasteiger partial charge in [-0.3, -0.25) is 9.78 Å². The Morgan fingerprint density at radius 2 is 1.86 bits per heavy atom. The van der Waals surface area contributed by atoms with E-state index in [1.807, 2.05) is 25.1 Å². The van der Waals surface area contributed by atoms with Gasteiger partial charge >= 0.3 is 6.09 Å². The molecule has 1 heterocycles. The molecule has 0 spiro atoms. The van der Waals surface area contributed by atoms with E-state index in [4.69, 9.17) is 4.74 Å². The molecule has 116 valence electrons. The number of ether oxygens (including phenoxy) is 1. The maximum absolute atomic E-state index is 12.0. The fourth-order valence-corrected chi connectivity index (χ4v) is 1.59. The molecule has 2 atom stereocenters. The van der Waals surface area contributed by atoms with E-state index in [1.54, 1.807) is 33.9 Å². The first-order valence-corrected chi connectivity index (χ1v) is 6.90. The molecule has 0 saturated heterocycles. The average Bonchev–Trinajstić information content (AvgIpc) is 2.37. The van der Waals surface area contributed by atoms with Gasteiger partial charge in [-0.2, -0.15) is 0 Å². The highest BCUT2D eigenvalue weighted by Crippen LogP contribution is 2.09. The maximum atomic E-state index is 12.0. The number of hydrogen-bond donors (Lipinski definition) is 2. The Balaban J connectivity index is 2.50. The Kier molecular flexibility index (Phi) is 5.69. The first-order valence-electron chi connectivity index (χ1n) is 6.90. The van der Waals surface area contributed by atoms with Crippen LogP contribution in [0.25, 0.3) is 0 Å². The van der Waals surface area contributed by atoms with Crippen molar-refractivity contribution in [3.63, 3.8) is 0 Å². The summed E-state index contributed by atoms with van der Waals surface area (Å²) < 4.78 is 5.11. The van der Waals surface area contributed by atoms with E-state index < -0.39 is 17.7 Å². The molecule has 0 saturated carbocycles. The lowest BCUT2D eigenvalue weighted by Crippen LogP contribution is -2.47. The highest BCUT2D eigenvalue weighted by atomic mass is 16.6. The molecule has 1 rings (SSSR count). The minimum Gasteiger partial charge on any atom is -0.444 e. The predicted molar refractivity (Wildman–Crippen MR) is 79.6 cm³/mol. The van der Waals surface area contributed by atoms with E-state index in [1.165, 1.54) is 0 Å². The van der Waals surface area contributed by atoms with Gasteiger partial charge in [0.2, 0.25) is 5.91 Å². The third-order valence-electron chi connectivity index (χ3n) is 2.62.